The van der Waals surface area contributed by atoms with E-state index in [-0.39, 0.29) is 31.5 Å². The zero-order valence-corrected chi connectivity index (χ0v) is 26.8. The van der Waals surface area contributed by atoms with Crippen molar-refractivity contribution in [3.8, 4) is 22.5 Å². The maximum Gasteiger partial charge on any atom is 0.216 e. The molecule has 6 heteroatoms. The Morgan fingerprint density at radius 2 is 1.83 bits per heavy atom. The molecule has 0 saturated carbocycles. The van der Waals surface area contributed by atoms with Crippen LogP contribution >= 0.6 is 11.3 Å². The first-order valence-corrected chi connectivity index (χ1v) is 14.1. The second-order valence-corrected chi connectivity index (χ2v) is 11.9. The van der Waals surface area contributed by atoms with Crippen molar-refractivity contribution in [2.75, 3.05) is 0 Å². The Hall–Kier alpha value is -3.70. The third-order valence-electron chi connectivity index (χ3n) is 6.38. The zero-order valence-electron chi connectivity index (χ0n) is 28.6. The van der Waals surface area contributed by atoms with E-state index in [0.717, 1.165) is 32.1 Å². The SMILES string of the molecule is Cc1ccc(-c2[c-]cccc2)nc1.[2H]C([2H])([2H])c1ccc2c(n1)oc1c(-c3nccc4sc(C([2H])([2H])C(C)(C)C)cc34)[c-]ccc12.[Ir]. The van der Waals surface area contributed by atoms with Gasteiger partial charge in [-0.1, -0.05) is 43.9 Å². The Morgan fingerprint density at radius 3 is 2.57 bits per heavy atom. The number of aromatic nitrogens is 3. The first kappa shape index (κ1) is 23.8. The molecule has 0 amide bonds. The molecule has 1 radical (unpaired) electrons. The van der Waals surface area contributed by atoms with Gasteiger partial charge >= 0.3 is 0 Å². The van der Waals surface area contributed by atoms with Gasteiger partial charge in [0.15, 0.2) is 0 Å². The van der Waals surface area contributed by atoms with Gasteiger partial charge in [0.25, 0.3) is 0 Å². The van der Waals surface area contributed by atoms with E-state index in [0.29, 0.717) is 21.7 Å². The Kier molecular flexibility index (Phi) is 6.96. The van der Waals surface area contributed by atoms with Crippen molar-refractivity contribution >= 4 is 43.5 Å². The van der Waals surface area contributed by atoms with E-state index >= 15 is 0 Å². The van der Waals surface area contributed by atoms with Crippen molar-refractivity contribution in [3.05, 3.63) is 113 Å². The Balaban J connectivity index is 0.000000260. The van der Waals surface area contributed by atoms with E-state index in [4.69, 9.17) is 11.3 Å². The fourth-order valence-electron chi connectivity index (χ4n) is 4.57. The van der Waals surface area contributed by atoms with Gasteiger partial charge in [-0.2, -0.15) is 0 Å². The molecule has 0 saturated heterocycles. The number of fused-ring (bicyclic) bond motifs is 4. The van der Waals surface area contributed by atoms with Crippen molar-refractivity contribution in [2.24, 2.45) is 5.41 Å². The number of furan rings is 1. The molecule has 0 unspecified atom stereocenters. The Bertz CT molecular complexity index is 2170. The van der Waals surface area contributed by atoms with Crippen LogP contribution < -0.4 is 0 Å². The number of hydrogen-bond donors (Lipinski definition) is 0. The van der Waals surface area contributed by atoms with Gasteiger partial charge in [0.1, 0.15) is 0 Å². The number of thiophene rings is 1. The van der Waals surface area contributed by atoms with Gasteiger partial charge in [0, 0.05) is 65.7 Å². The van der Waals surface area contributed by atoms with Gasteiger partial charge in [-0.25, -0.2) is 4.98 Å². The van der Waals surface area contributed by atoms with E-state index < -0.39 is 18.6 Å². The van der Waals surface area contributed by atoms with Crippen molar-refractivity contribution in [1.29, 1.82) is 0 Å². The first-order chi connectivity index (χ1) is 21.7. The number of rotatable bonds is 3. The third-order valence-corrected chi connectivity index (χ3v) is 7.39. The van der Waals surface area contributed by atoms with E-state index in [9.17, 15) is 0 Å². The molecule has 0 fully saturated rings. The number of aryl methyl sites for hydroxylation is 2. The molecule has 0 N–H and O–H groups in total. The maximum absolute atomic E-state index is 8.68. The topological polar surface area (TPSA) is 51.8 Å². The van der Waals surface area contributed by atoms with Crippen molar-refractivity contribution in [1.82, 2.24) is 15.0 Å². The summed E-state index contributed by atoms with van der Waals surface area (Å²) in [6.07, 6.45) is 2.06. The van der Waals surface area contributed by atoms with Crippen LogP contribution in [0.3, 0.4) is 0 Å². The zero-order chi connectivity index (χ0) is 32.9. The normalized spacial score (nSPS) is 13.8. The van der Waals surface area contributed by atoms with Crippen molar-refractivity contribution < 1.29 is 31.4 Å². The molecule has 0 aliphatic carbocycles. The number of nitrogens with zero attached hydrogens (tertiary/aromatic N) is 3. The van der Waals surface area contributed by atoms with Crippen LogP contribution in [0.1, 0.15) is 43.8 Å². The molecule has 7 aromatic rings. The predicted molar refractivity (Wildman–Crippen MR) is 170 cm³/mol. The molecule has 0 atom stereocenters. The Labute approximate surface area is 271 Å². The molecular weight excluding hydrogens is 715 g/mol. The number of benzene rings is 2. The molecule has 0 aliphatic rings. The molecular formula is C36H31IrN3OS-2. The molecule has 5 heterocycles. The molecule has 0 aliphatic heterocycles. The minimum absolute atomic E-state index is 0. The van der Waals surface area contributed by atoms with Crippen LogP contribution in [-0.4, -0.2) is 15.0 Å². The van der Waals surface area contributed by atoms with Crippen LogP contribution in [-0.2, 0) is 26.5 Å². The average molecular weight is 751 g/mol. The largest absolute Gasteiger partial charge is 0.486 e. The molecule has 0 bridgehead atoms. The van der Waals surface area contributed by atoms with Gasteiger partial charge in [-0.15, -0.1) is 65.4 Å². The van der Waals surface area contributed by atoms with Gasteiger partial charge in [0.05, 0.1) is 5.58 Å². The van der Waals surface area contributed by atoms with Crippen molar-refractivity contribution in [2.45, 2.75) is 40.9 Å². The van der Waals surface area contributed by atoms with Crippen LogP contribution in [0, 0.1) is 31.3 Å². The van der Waals surface area contributed by atoms with E-state index in [1.807, 2.05) is 82.4 Å². The van der Waals surface area contributed by atoms with Gasteiger partial charge in [0.2, 0.25) is 5.71 Å². The van der Waals surface area contributed by atoms with Crippen molar-refractivity contribution in [3.63, 3.8) is 0 Å². The smallest absolute Gasteiger partial charge is 0.216 e. The summed E-state index contributed by atoms with van der Waals surface area (Å²) in [4.78, 5) is 13.8. The summed E-state index contributed by atoms with van der Waals surface area (Å²) >= 11 is 1.42. The molecule has 2 aromatic carbocycles. The van der Waals surface area contributed by atoms with Crippen LogP contribution in [0.4, 0.5) is 0 Å². The number of pyridine rings is 3. The summed E-state index contributed by atoms with van der Waals surface area (Å²) in [5, 5.41) is 2.34. The first-order valence-electron chi connectivity index (χ1n) is 15.8. The predicted octanol–water partition coefficient (Wildman–Crippen LogP) is 9.81. The van der Waals surface area contributed by atoms with Crippen LogP contribution in [0.15, 0.2) is 89.6 Å². The third kappa shape index (κ3) is 6.36. The van der Waals surface area contributed by atoms with Gasteiger partial charge < -0.3 is 14.4 Å². The molecule has 213 valence electrons. The summed E-state index contributed by atoms with van der Waals surface area (Å²) in [6.45, 7) is 5.37. The fraction of sp³-hybridized carbons (Fsp3) is 0.194. The Morgan fingerprint density at radius 1 is 0.952 bits per heavy atom. The average Bonchev–Trinajstić information content (AvgIpc) is 3.63. The van der Waals surface area contributed by atoms with Crippen LogP contribution in [0.5, 0.6) is 0 Å². The molecule has 42 heavy (non-hydrogen) atoms. The quantitative estimate of drug-likeness (QED) is 0.169. The molecule has 4 nitrogen and oxygen atoms in total. The van der Waals surface area contributed by atoms with E-state index in [2.05, 4.69) is 33.2 Å². The van der Waals surface area contributed by atoms with E-state index in [1.54, 1.807) is 18.3 Å². The van der Waals surface area contributed by atoms with E-state index in [1.165, 1.54) is 23.0 Å². The monoisotopic (exact) mass is 751 g/mol. The second-order valence-electron chi connectivity index (χ2n) is 10.8. The van der Waals surface area contributed by atoms with Crippen LogP contribution in [0.25, 0.3) is 54.7 Å². The summed E-state index contributed by atoms with van der Waals surface area (Å²) in [5.74, 6) is 0. The number of hydrogen-bond acceptors (Lipinski definition) is 5. The minimum atomic E-state index is -2.32. The summed E-state index contributed by atoms with van der Waals surface area (Å²) < 4.78 is 47.2. The second kappa shape index (κ2) is 12.3. The summed E-state index contributed by atoms with van der Waals surface area (Å²) in [5.41, 5.74) is 4.65. The molecule has 7 rings (SSSR count). The van der Waals surface area contributed by atoms with Crippen LogP contribution in [0.2, 0.25) is 0 Å². The fourth-order valence-corrected chi connectivity index (χ4v) is 5.74. The molecule has 5 aromatic heterocycles. The van der Waals surface area contributed by atoms with Gasteiger partial charge in [-0.05, 0) is 66.5 Å². The minimum Gasteiger partial charge on any atom is -0.486 e. The maximum atomic E-state index is 8.68. The standard InChI is InChI=1S/C24H21N2OS.C12H10N.Ir/c1-14-8-9-17-16-6-5-7-18(22(16)27-23(17)26-14)21-19-12-15(13-24(2,3)4)28-20(19)10-11-25-21;1-10-7-8-12(13-9-10)11-5-3-2-4-6-11;/h5-6,8-12H,13H2,1-4H3;2-5,7-9H,1H3;/q2*-1;/i1D3,13D2;;. The summed E-state index contributed by atoms with van der Waals surface area (Å²) in [6, 6.07) is 28.9. The summed E-state index contributed by atoms with van der Waals surface area (Å²) in [7, 11) is 0. The molecule has 0 spiro atoms. The van der Waals surface area contributed by atoms with Gasteiger partial charge in [-0.3, -0.25) is 0 Å².